The lowest BCUT2D eigenvalue weighted by Crippen LogP contribution is -2.08. The largest absolute Gasteiger partial charge is 0.393 e. The summed E-state index contributed by atoms with van der Waals surface area (Å²) in [6.45, 7) is 1.90. The quantitative estimate of drug-likeness (QED) is 0.826. The molecule has 0 aliphatic heterocycles. The van der Waals surface area contributed by atoms with Crippen LogP contribution in [0.15, 0.2) is 33.7 Å². The van der Waals surface area contributed by atoms with Crippen LogP contribution in [0.5, 0.6) is 0 Å². The Morgan fingerprint density at radius 2 is 2.11 bits per heavy atom. The summed E-state index contributed by atoms with van der Waals surface area (Å²) in [5.74, 6) is 1.33. The lowest BCUT2D eigenvalue weighted by Gasteiger charge is -2.01. The highest BCUT2D eigenvalue weighted by Gasteiger charge is 2.11. The molecule has 1 unspecified atom stereocenters. The Hall–Kier alpha value is -1.40. The van der Waals surface area contributed by atoms with E-state index in [0.717, 1.165) is 4.90 Å². The molecule has 1 aromatic heterocycles. The van der Waals surface area contributed by atoms with E-state index in [-0.39, 0.29) is 5.82 Å². The molecule has 1 N–H and O–H groups in total. The summed E-state index contributed by atoms with van der Waals surface area (Å²) in [6, 6.07) is 6.26. The maximum Gasteiger partial charge on any atom is 0.229 e. The molecule has 6 heteroatoms. The Bertz CT molecular complexity index is 516. The molecule has 1 aromatic carbocycles. The Morgan fingerprint density at radius 1 is 1.37 bits per heavy atom. The van der Waals surface area contributed by atoms with Gasteiger partial charge in [0, 0.05) is 4.90 Å². The highest BCUT2D eigenvalue weighted by atomic mass is 32.2. The van der Waals surface area contributed by atoms with Gasteiger partial charge in [0.15, 0.2) is 5.82 Å². The lowest BCUT2D eigenvalue weighted by molar-refractivity contribution is 0.158. The van der Waals surface area contributed by atoms with Crippen LogP contribution in [-0.2, 0) is 12.2 Å². The average Bonchev–Trinajstić information content (AvgIpc) is 2.85. The third kappa shape index (κ3) is 4.33. The molecule has 2 aromatic rings. The molecular weight excluding hydrogens is 267 g/mol. The number of halogens is 1. The van der Waals surface area contributed by atoms with Crippen LogP contribution in [0.3, 0.4) is 0 Å². The molecule has 4 nitrogen and oxygen atoms in total. The fourth-order valence-corrected chi connectivity index (χ4v) is 2.20. The summed E-state index contributed by atoms with van der Waals surface area (Å²) in [7, 11) is 0. The number of thioether (sulfide) groups is 1. The highest BCUT2D eigenvalue weighted by molar-refractivity contribution is 7.98. The van der Waals surface area contributed by atoms with E-state index >= 15 is 0 Å². The molecule has 19 heavy (non-hydrogen) atoms. The molecule has 0 radical (unpaired) electrons. The van der Waals surface area contributed by atoms with Gasteiger partial charge in [-0.1, -0.05) is 12.1 Å². The minimum absolute atomic E-state index is 0.250. The molecule has 0 amide bonds. The van der Waals surface area contributed by atoms with E-state index in [1.807, 2.05) is 6.92 Å². The van der Waals surface area contributed by atoms with Crippen LogP contribution in [-0.4, -0.2) is 21.4 Å². The van der Waals surface area contributed by atoms with Gasteiger partial charge in [0.05, 0.1) is 18.3 Å². The molecule has 0 aliphatic rings. The van der Waals surface area contributed by atoms with Crippen molar-refractivity contribution < 1.29 is 14.0 Å². The number of hydrogen-bond donors (Lipinski definition) is 1. The van der Waals surface area contributed by atoms with Crippen molar-refractivity contribution >= 4 is 11.8 Å². The fraction of sp³-hybridized carbons (Fsp3) is 0.385. The van der Waals surface area contributed by atoms with E-state index in [4.69, 9.17) is 4.52 Å². The molecule has 0 bridgehead atoms. The Balaban J connectivity index is 1.88. The van der Waals surface area contributed by atoms with Crippen molar-refractivity contribution in [1.82, 2.24) is 10.1 Å². The molecule has 0 saturated heterocycles. The number of hydrogen-bond acceptors (Lipinski definition) is 5. The van der Waals surface area contributed by atoms with E-state index in [0.29, 0.717) is 30.3 Å². The van der Waals surface area contributed by atoms with E-state index in [9.17, 15) is 9.50 Å². The van der Waals surface area contributed by atoms with Crippen LogP contribution in [0.2, 0.25) is 0 Å². The molecule has 0 saturated carbocycles. The van der Waals surface area contributed by atoms with E-state index in [1.54, 1.807) is 12.1 Å². The molecule has 2 rings (SSSR count). The van der Waals surface area contributed by atoms with Crippen molar-refractivity contribution in [3.63, 3.8) is 0 Å². The Morgan fingerprint density at radius 3 is 2.79 bits per heavy atom. The second kappa shape index (κ2) is 6.68. The topological polar surface area (TPSA) is 59.2 Å². The van der Waals surface area contributed by atoms with Crippen molar-refractivity contribution in [1.29, 1.82) is 0 Å². The van der Waals surface area contributed by atoms with Crippen LogP contribution in [0.25, 0.3) is 0 Å². The number of aliphatic hydroxyl groups is 1. The smallest absolute Gasteiger partial charge is 0.229 e. The predicted molar refractivity (Wildman–Crippen MR) is 70.3 cm³/mol. The summed E-state index contributed by atoms with van der Waals surface area (Å²) in [6.07, 6.45) is 0.588. The van der Waals surface area contributed by atoms with Gasteiger partial charge in [-0.05, 0) is 30.7 Å². The normalized spacial score (nSPS) is 12.6. The fourth-order valence-electron chi connectivity index (χ4n) is 1.46. The summed E-state index contributed by atoms with van der Waals surface area (Å²) in [4.78, 5) is 5.14. The van der Waals surface area contributed by atoms with Gasteiger partial charge in [-0.3, -0.25) is 0 Å². The van der Waals surface area contributed by atoms with Crippen LogP contribution < -0.4 is 0 Å². The molecule has 102 valence electrons. The van der Waals surface area contributed by atoms with Crippen molar-refractivity contribution in [3.05, 3.63) is 41.8 Å². The summed E-state index contributed by atoms with van der Waals surface area (Å²) in [5.41, 5.74) is 0. The first-order chi connectivity index (χ1) is 9.17. The number of aromatic nitrogens is 2. The first-order valence-corrected chi connectivity index (χ1v) is 7.04. The van der Waals surface area contributed by atoms with Gasteiger partial charge in [-0.25, -0.2) is 4.39 Å². The van der Waals surface area contributed by atoms with Crippen LogP contribution >= 0.6 is 11.8 Å². The van der Waals surface area contributed by atoms with Gasteiger partial charge in [0.25, 0.3) is 0 Å². The third-order valence-electron chi connectivity index (χ3n) is 2.57. The van der Waals surface area contributed by atoms with Crippen LogP contribution in [0, 0.1) is 5.82 Å². The lowest BCUT2D eigenvalue weighted by atomic mass is 10.2. The molecule has 0 aliphatic carbocycles. The van der Waals surface area contributed by atoms with Gasteiger partial charge in [0.2, 0.25) is 5.89 Å². The van der Waals surface area contributed by atoms with E-state index < -0.39 is 6.10 Å². The van der Waals surface area contributed by atoms with Gasteiger partial charge in [-0.2, -0.15) is 4.98 Å². The zero-order valence-corrected chi connectivity index (χ0v) is 11.4. The summed E-state index contributed by atoms with van der Waals surface area (Å²) >= 11 is 1.51. The predicted octanol–water partition coefficient (Wildman–Crippen LogP) is 2.81. The van der Waals surface area contributed by atoms with Crippen molar-refractivity contribution in [2.75, 3.05) is 0 Å². The zero-order chi connectivity index (χ0) is 13.7. The van der Waals surface area contributed by atoms with Gasteiger partial charge < -0.3 is 9.63 Å². The third-order valence-corrected chi connectivity index (χ3v) is 3.58. The number of nitrogens with zero attached hydrogens (tertiary/aromatic N) is 2. The second-order valence-corrected chi connectivity index (χ2v) is 5.16. The first kappa shape index (κ1) is 14.0. The number of benzene rings is 1. The maximum atomic E-state index is 12.7. The van der Waals surface area contributed by atoms with Crippen molar-refractivity contribution in [3.8, 4) is 0 Å². The highest BCUT2D eigenvalue weighted by Crippen LogP contribution is 2.21. The summed E-state index contributed by atoms with van der Waals surface area (Å²) in [5, 5.41) is 13.3. The minimum Gasteiger partial charge on any atom is -0.393 e. The van der Waals surface area contributed by atoms with Crippen LogP contribution in [0.4, 0.5) is 4.39 Å². The molecule has 0 spiro atoms. The summed E-state index contributed by atoms with van der Waals surface area (Å²) < 4.78 is 17.8. The van der Waals surface area contributed by atoms with Gasteiger partial charge in [0.1, 0.15) is 5.82 Å². The average molecular weight is 282 g/mol. The van der Waals surface area contributed by atoms with Gasteiger partial charge >= 0.3 is 0 Å². The second-order valence-electron chi connectivity index (χ2n) is 4.11. The van der Waals surface area contributed by atoms with Crippen molar-refractivity contribution in [2.24, 2.45) is 0 Å². The Kier molecular flexibility index (Phi) is 4.93. The number of aliphatic hydroxyl groups excluding tert-OH is 1. The molecule has 0 fully saturated rings. The number of rotatable bonds is 6. The Labute approximate surface area is 115 Å². The van der Waals surface area contributed by atoms with E-state index in [2.05, 4.69) is 10.1 Å². The van der Waals surface area contributed by atoms with E-state index in [1.165, 1.54) is 23.9 Å². The van der Waals surface area contributed by atoms with Crippen LogP contribution in [0.1, 0.15) is 25.1 Å². The maximum absolute atomic E-state index is 12.7. The SMILES string of the molecule is CCC(O)Cc1nc(CSc2ccc(F)cc2)no1. The van der Waals surface area contributed by atoms with Gasteiger partial charge in [-0.15, -0.1) is 11.8 Å². The minimum atomic E-state index is -0.446. The monoisotopic (exact) mass is 282 g/mol. The molecule has 1 heterocycles. The van der Waals surface area contributed by atoms with Crippen molar-refractivity contribution in [2.45, 2.75) is 36.5 Å². The standard InChI is InChI=1S/C13H15FN2O2S/c1-2-10(17)7-13-15-12(16-18-13)8-19-11-5-3-9(14)4-6-11/h3-6,10,17H,2,7-8H2,1H3. The first-order valence-electron chi connectivity index (χ1n) is 6.05. The molecule has 1 atom stereocenters. The molecular formula is C13H15FN2O2S. The zero-order valence-electron chi connectivity index (χ0n) is 10.5.